The molecule has 0 saturated carbocycles. The Morgan fingerprint density at radius 2 is 2.08 bits per heavy atom. The van der Waals surface area contributed by atoms with Gasteiger partial charge in [-0.2, -0.15) is 0 Å². The Hall–Kier alpha value is -2.38. The van der Waals surface area contributed by atoms with E-state index in [1.807, 2.05) is 0 Å². The van der Waals surface area contributed by atoms with E-state index in [1.165, 1.54) is 10.7 Å². The number of nitrogens with zero attached hydrogens (tertiary/aromatic N) is 2. The fourth-order valence-corrected chi connectivity index (χ4v) is 2.42. The first-order valence-electron chi connectivity index (χ1n) is 8.32. The summed E-state index contributed by atoms with van der Waals surface area (Å²) in [6.45, 7) is 2.19. The molecule has 0 aliphatic heterocycles. The number of unbranched alkanes of at least 4 members (excludes halogenated alkanes) is 1. The summed E-state index contributed by atoms with van der Waals surface area (Å²) in [6.07, 6.45) is 1.26. The van der Waals surface area contributed by atoms with Crippen LogP contribution in [0.4, 0.5) is 0 Å². The van der Waals surface area contributed by atoms with Gasteiger partial charge in [0.05, 0.1) is 13.2 Å². The average Bonchev–Trinajstić information content (AvgIpc) is 3.02. The van der Waals surface area contributed by atoms with Gasteiger partial charge in [-0.3, -0.25) is 4.79 Å². The zero-order chi connectivity index (χ0) is 18.9. The molecule has 0 aliphatic carbocycles. The number of aliphatic hydroxyl groups excluding tert-OH is 1. The molecule has 0 atom stereocenters. The van der Waals surface area contributed by atoms with E-state index < -0.39 is 5.97 Å². The van der Waals surface area contributed by atoms with Gasteiger partial charge in [-0.1, -0.05) is 23.7 Å². The number of aliphatic hydroxyl groups is 1. The second-order valence-electron chi connectivity index (χ2n) is 5.46. The zero-order valence-corrected chi connectivity index (χ0v) is 15.2. The molecule has 1 heterocycles. The summed E-state index contributed by atoms with van der Waals surface area (Å²) in [5.41, 5.74) is 0.563. The largest absolute Gasteiger partial charge is 0.477 e. The molecular formula is C18H21ClN2O5. The number of halogens is 1. The second-order valence-corrected chi connectivity index (χ2v) is 5.90. The highest BCUT2D eigenvalue weighted by atomic mass is 35.5. The third kappa shape index (κ3) is 5.57. The van der Waals surface area contributed by atoms with E-state index in [0.29, 0.717) is 30.0 Å². The number of rotatable bonds is 10. The van der Waals surface area contributed by atoms with E-state index in [0.717, 1.165) is 0 Å². The van der Waals surface area contributed by atoms with Crippen LogP contribution in [-0.4, -0.2) is 46.5 Å². The van der Waals surface area contributed by atoms with Crippen LogP contribution in [0.5, 0.6) is 5.88 Å². The minimum Gasteiger partial charge on any atom is -0.477 e. The van der Waals surface area contributed by atoms with Crippen molar-refractivity contribution in [1.29, 1.82) is 0 Å². The van der Waals surface area contributed by atoms with Crippen LogP contribution >= 0.6 is 11.6 Å². The van der Waals surface area contributed by atoms with Gasteiger partial charge < -0.3 is 14.6 Å². The van der Waals surface area contributed by atoms with Crippen molar-refractivity contribution in [2.75, 3.05) is 19.8 Å². The van der Waals surface area contributed by atoms with Gasteiger partial charge in [-0.25, -0.2) is 9.48 Å². The van der Waals surface area contributed by atoms with Gasteiger partial charge in [0.15, 0.2) is 11.5 Å². The molecule has 0 radical (unpaired) electrons. The molecule has 7 nitrogen and oxygen atoms in total. The summed E-state index contributed by atoms with van der Waals surface area (Å²) in [5.74, 6) is -0.595. The maximum atomic E-state index is 12.5. The molecule has 140 valence electrons. The lowest BCUT2D eigenvalue weighted by atomic mass is 10.1. The molecule has 2 aromatic rings. The normalized spacial score (nSPS) is 10.6. The number of aromatic nitrogens is 2. The average molecular weight is 381 g/mol. The maximum Gasteiger partial charge on any atom is 0.356 e. The lowest BCUT2D eigenvalue weighted by Gasteiger charge is -2.06. The van der Waals surface area contributed by atoms with Gasteiger partial charge >= 0.3 is 5.97 Å². The Kier molecular flexibility index (Phi) is 7.62. The summed E-state index contributed by atoms with van der Waals surface area (Å²) in [5, 5.41) is 13.4. The molecule has 1 aromatic heterocycles. The second kappa shape index (κ2) is 9.94. The monoisotopic (exact) mass is 380 g/mol. The van der Waals surface area contributed by atoms with Crippen molar-refractivity contribution in [2.24, 2.45) is 0 Å². The highest BCUT2D eigenvalue weighted by molar-refractivity contribution is 6.31. The summed E-state index contributed by atoms with van der Waals surface area (Å²) in [7, 11) is 0. The molecule has 0 bridgehead atoms. The molecule has 0 spiro atoms. The molecule has 8 heteroatoms. The van der Waals surface area contributed by atoms with Gasteiger partial charge in [0.25, 0.3) is 0 Å². The smallest absolute Gasteiger partial charge is 0.356 e. The van der Waals surface area contributed by atoms with Crippen LogP contribution in [0.3, 0.4) is 0 Å². The molecule has 0 fully saturated rings. The van der Waals surface area contributed by atoms with Crippen molar-refractivity contribution >= 4 is 23.4 Å². The lowest BCUT2D eigenvalue weighted by Crippen LogP contribution is -2.18. The van der Waals surface area contributed by atoms with E-state index in [-0.39, 0.29) is 37.1 Å². The number of hydrogen-bond donors (Lipinski definition) is 1. The number of carbonyl (C=O) groups excluding carboxylic acids is 2. The third-order valence-electron chi connectivity index (χ3n) is 3.48. The molecule has 2 rings (SSSR count). The van der Waals surface area contributed by atoms with E-state index >= 15 is 0 Å². The Bertz CT molecular complexity index is 760. The van der Waals surface area contributed by atoms with Crippen LogP contribution in [0.25, 0.3) is 0 Å². The highest BCUT2D eigenvalue weighted by Crippen LogP contribution is 2.16. The first kappa shape index (κ1) is 19.9. The van der Waals surface area contributed by atoms with Crippen molar-refractivity contribution in [3.05, 3.63) is 46.6 Å². The van der Waals surface area contributed by atoms with Gasteiger partial charge in [-0.15, -0.1) is 5.10 Å². The van der Waals surface area contributed by atoms with Gasteiger partial charge in [0.2, 0.25) is 5.88 Å². The minimum absolute atomic E-state index is 0.0833. The number of ether oxygens (including phenoxy) is 2. The van der Waals surface area contributed by atoms with Crippen molar-refractivity contribution in [2.45, 2.75) is 26.3 Å². The quantitative estimate of drug-likeness (QED) is 0.387. The number of ketones is 1. The van der Waals surface area contributed by atoms with Gasteiger partial charge in [0, 0.05) is 23.3 Å². The predicted molar refractivity (Wildman–Crippen MR) is 95.8 cm³/mol. The molecular weight excluding hydrogens is 360 g/mol. The molecule has 26 heavy (non-hydrogen) atoms. The SMILES string of the molecule is CCOC(=O)c1cc(OCCCCO)nn1CC(=O)c1cccc(Cl)c1. The predicted octanol–water partition coefficient (Wildman–Crippen LogP) is 2.75. The van der Waals surface area contributed by atoms with Crippen LogP contribution < -0.4 is 4.74 Å². The molecule has 0 saturated heterocycles. The van der Waals surface area contributed by atoms with Crippen LogP contribution in [0.2, 0.25) is 5.02 Å². The highest BCUT2D eigenvalue weighted by Gasteiger charge is 2.20. The number of hydrogen-bond acceptors (Lipinski definition) is 6. The summed E-state index contributed by atoms with van der Waals surface area (Å²) >= 11 is 5.92. The number of benzene rings is 1. The topological polar surface area (TPSA) is 90.7 Å². The first-order chi connectivity index (χ1) is 12.5. The number of Topliss-reactive ketones (excluding diaryl/α,β-unsaturated/α-hetero) is 1. The van der Waals surface area contributed by atoms with Crippen molar-refractivity contribution in [1.82, 2.24) is 9.78 Å². The Morgan fingerprint density at radius 3 is 2.77 bits per heavy atom. The van der Waals surface area contributed by atoms with Crippen LogP contribution in [-0.2, 0) is 11.3 Å². The maximum absolute atomic E-state index is 12.5. The van der Waals surface area contributed by atoms with Crippen LogP contribution in [0.15, 0.2) is 30.3 Å². The van der Waals surface area contributed by atoms with Gasteiger partial charge in [0.1, 0.15) is 6.54 Å². The van der Waals surface area contributed by atoms with E-state index in [9.17, 15) is 9.59 Å². The van der Waals surface area contributed by atoms with Crippen molar-refractivity contribution in [3.8, 4) is 5.88 Å². The van der Waals surface area contributed by atoms with E-state index in [1.54, 1.807) is 31.2 Å². The van der Waals surface area contributed by atoms with Crippen molar-refractivity contribution < 1.29 is 24.2 Å². The summed E-state index contributed by atoms with van der Waals surface area (Å²) < 4.78 is 11.8. The first-order valence-corrected chi connectivity index (χ1v) is 8.70. The Morgan fingerprint density at radius 1 is 1.27 bits per heavy atom. The van der Waals surface area contributed by atoms with Crippen LogP contribution in [0, 0.1) is 0 Å². The number of esters is 1. The molecule has 0 amide bonds. The summed E-state index contributed by atoms with van der Waals surface area (Å²) in [6, 6.07) is 8.01. The fourth-order valence-electron chi connectivity index (χ4n) is 2.23. The minimum atomic E-state index is -0.580. The van der Waals surface area contributed by atoms with E-state index in [2.05, 4.69) is 5.10 Å². The zero-order valence-electron chi connectivity index (χ0n) is 14.5. The van der Waals surface area contributed by atoms with Gasteiger partial charge in [-0.05, 0) is 31.9 Å². The molecule has 1 aromatic carbocycles. The molecule has 0 aliphatic rings. The summed E-state index contributed by atoms with van der Waals surface area (Å²) in [4.78, 5) is 24.6. The standard InChI is InChI=1S/C18H21ClN2O5/c1-2-25-18(24)15-11-17(26-9-4-3-8-22)20-21(15)12-16(23)13-6-5-7-14(19)10-13/h5-7,10-11,22H,2-4,8-9,12H2,1H3. The fraction of sp³-hybridized carbons (Fsp3) is 0.389. The number of carbonyl (C=O) groups is 2. The molecule has 0 unspecified atom stereocenters. The third-order valence-corrected chi connectivity index (χ3v) is 3.72. The Labute approximate surface area is 156 Å². The van der Waals surface area contributed by atoms with Crippen LogP contribution in [0.1, 0.15) is 40.6 Å². The lowest BCUT2D eigenvalue weighted by molar-refractivity contribution is 0.0512. The Balaban J connectivity index is 2.17. The van der Waals surface area contributed by atoms with E-state index in [4.69, 9.17) is 26.2 Å². The van der Waals surface area contributed by atoms with Crippen molar-refractivity contribution in [3.63, 3.8) is 0 Å². The molecule has 1 N–H and O–H groups in total.